The number of rotatable bonds is 8. The number of aliphatic carboxylic acids is 1. The van der Waals surface area contributed by atoms with Crippen molar-refractivity contribution in [3.05, 3.63) is 23.8 Å². The molecule has 1 rings (SSSR count). The van der Waals surface area contributed by atoms with Gasteiger partial charge in [0.1, 0.15) is 0 Å². The van der Waals surface area contributed by atoms with Gasteiger partial charge in [-0.1, -0.05) is 12.1 Å². The predicted molar refractivity (Wildman–Crippen MR) is 69.4 cm³/mol. The number of nitrogens with zero attached hydrogens (tertiary/aromatic N) is 1. The van der Waals surface area contributed by atoms with Crippen LogP contribution in [0.3, 0.4) is 0 Å². The summed E-state index contributed by atoms with van der Waals surface area (Å²) in [6.45, 7) is 1.11. The molecule has 0 fully saturated rings. The summed E-state index contributed by atoms with van der Waals surface area (Å²) in [5.74, 6) is -0.504. The molecule has 0 aliphatic carbocycles. The van der Waals surface area contributed by atoms with Crippen molar-refractivity contribution in [1.82, 2.24) is 4.90 Å². The van der Waals surface area contributed by atoms with E-state index in [-0.39, 0.29) is 12.3 Å². The Morgan fingerprint density at radius 1 is 1.37 bits per heavy atom. The van der Waals surface area contributed by atoms with Crippen LogP contribution in [0.4, 0.5) is 0 Å². The number of benzene rings is 1. The Balaban J connectivity index is 2.80. The number of ether oxygens (including phenoxy) is 2. The Kier molecular flexibility index (Phi) is 6.11. The first-order valence-corrected chi connectivity index (χ1v) is 5.86. The molecule has 0 aliphatic rings. The SMILES string of the molecule is COCCN(CC(=O)O)Cc1cccc(OC)c1O. The van der Waals surface area contributed by atoms with Gasteiger partial charge >= 0.3 is 5.97 Å². The molecule has 1 aromatic carbocycles. The monoisotopic (exact) mass is 269 g/mol. The minimum absolute atomic E-state index is 0.0396. The number of carboxylic acid groups (broad SMARTS) is 1. The second kappa shape index (κ2) is 7.60. The molecule has 0 atom stereocenters. The second-order valence-corrected chi connectivity index (χ2v) is 4.07. The van der Waals surface area contributed by atoms with Crippen LogP contribution in [0.1, 0.15) is 5.56 Å². The normalized spacial score (nSPS) is 10.7. The number of carboxylic acids is 1. The molecule has 0 heterocycles. The van der Waals surface area contributed by atoms with Gasteiger partial charge in [0, 0.05) is 25.8 Å². The summed E-state index contributed by atoms with van der Waals surface area (Å²) in [5, 5.41) is 18.8. The number of carbonyl (C=O) groups is 1. The Morgan fingerprint density at radius 2 is 2.11 bits per heavy atom. The Morgan fingerprint density at radius 3 is 2.68 bits per heavy atom. The van der Waals surface area contributed by atoms with Crippen LogP contribution in [0.2, 0.25) is 0 Å². The summed E-state index contributed by atoms with van der Waals surface area (Å²) in [7, 11) is 3.03. The smallest absolute Gasteiger partial charge is 0.317 e. The van der Waals surface area contributed by atoms with E-state index in [0.29, 0.717) is 31.0 Å². The highest BCUT2D eigenvalue weighted by Crippen LogP contribution is 2.30. The number of hydrogen-bond donors (Lipinski definition) is 2. The fourth-order valence-electron chi connectivity index (χ4n) is 1.73. The van der Waals surface area contributed by atoms with E-state index in [1.54, 1.807) is 30.2 Å². The van der Waals surface area contributed by atoms with E-state index in [4.69, 9.17) is 14.6 Å². The highest BCUT2D eigenvalue weighted by atomic mass is 16.5. The molecule has 6 heteroatoms. The molecule has 6 nitrogen and oxygen atoms in total. The first-order chi connectivity index (χ1) is 9.08. The van der Waals surface area contributed by atoms with Crippen LogP contribution in [-0.4, -0.2) is 55.0 Å². The predicted octanol–water partition coefficient (Wildman–Crippen LogP) is 0.934. The lowest BCUT2D eigenvalue weighted by Gasteiger charge is -2.20. The van der Waals surface area contributed by atoms with Gasteiger partial charge < -0.3 is 19.7 Å². The van der Waals surface area contributed by atoms with Crippen molar-refractivity contribution in [2.45, 2.75) is 6.54 Å². The molecule has 2 N–H and O–H groups in total. The van der Waals surface area contributed by atoms with Crippen LogP contribution in [0.15, 0.2) is 18.2 Å². The van der Waals surface area contributed by atoms with Gasteiger partial charge in [0.25, 0.3) is 0 Å². The van der Waals surface area contributed by atoms with Crippen LogP contribution in [0.5, 0.6) is 11.5 Å². The third-order valence-corrected chi connectivity index (χ3v) is 2.67. The summed E-state index contributed by atoms with van der Waals surface area (Å²) in [6, 6.07) is 5.14. The lowest BCUT2D eigenvalue weighted by atomic mass is 10.1. The van der Waals surface area contributed by atoms with Crippen LogP contribution >= 0.6 is 0 Å². The van der Waals surface area contributed by atoms with Gasteiger partial charge in [-0.2, -0.15) is 0 Å². The maximum absolute atomic E-state index is 10.8. The van der Waals surface area contributed by atoms with Crippen molar-refractivity contribution in [3.63, 3.8) is 0 Å². The molecule has 1 aromatic rings. The third kappa shape index (κ3) is 4.76. The van der Waals surface area contributed by atoms with Gasteiger partial charge in [-0.3, -0.25) is 9.69 Å². The molecule has 0 spiro atoms. The minimum Gasteiger partial charge on any atom is -0.504 e. The maximum Gasteiger partial charge on any atom is 0.317 e. The Bertz CT molecular complexity index is 421. The zero-order valence-corrected chi connectivity index (χ0v) is 11.1. The highest BCUT2D eigenvalue weighted by Gasteiger charge is 2.14. The minimum atomic E-state index is -0.918. The highest BCUT2D eigenvalue weighted by molar-refractivity contribution is 5.69. The fraction of sp³-hybridized carbons (Fsp3) is 0.462. The summed E-state index contributed by atoms with van der Waals surface area (Å²) in [4.78, 5) is 12.5. The molecule has 0 aliphatic heterocycles. The first kappa shape index (κ1) is 15.3. The molecule has 0 saturated carbocycles. The van der Waals surface area contributed by atoms with E-state index in [9.17, 15) is 9.90 Å². The number of methoxy groups -OCH3 is 2. The first-order valence-electron chi connectivity index (χ1n) is 5.86. The topological polar surface area (TPSA) is 79.2 Å². The van der Waals surface area contributed by atoms with Gasteiger partial charge in [0.2, 0.25) is 0 Å². The number of phenols is 1. The summed E-state index contributed by atoms with van der Waals surface area (Å²) in [5.41, 5.74) is 0.622. The summed E-state index contributed by atoms with van der Waals surface area (Å²) >= 11 is 0. The maximum atomic E-state index is 10.8. The molecule has 0 radical (unpaired) electrons. The molecule has 0 bridgehead atoms. The second-order valence-electron chi connectivity index (χ2n) is 4.07. The van der Waals surface area contributed by atoms with Crippen LogP contribution in [0, 0.1) is 0 Å². The van der Waals surface area contributed by atoms with Crippen LogP contribution in [-0.2, 0) is 16.1 Å². The van der Waals surface area contributed by atoms with Crippen molar-refractivity contribution in [1.29, 1.82) is 0 Å². The largest absolute Gasteiger partial charge is 0.504 e. The van der Waals surface area contributed by atoms with E-state index in [2.05, 4.69) is 0 Å². The lowest BCUT2D eigenvalue weighted by molar-refractivity contribution is -0.138. The van der Waals surface area contributed by atoms with Gasteiger partial charge in [-0.05, 0) is 6.07 Å². The van der Waals surface area contributed by atoms with Crippen molar-refractivity contribution in [2.75, 3.05) is 33.9 Å². The van der Waals surface area contributed by atoms with Gasteiger partial charge in [-0.25, -0.2) is 0 Å². The number of aromatic hydroxyl groups is 1. The number of phenolic OH excluding ortho intramolecular Hbond substituents is 1. The molecular formula is C13H19NO5. The van der Waals surface area contributed by atoms with E-state index in [0.717, 1.165) is 0 Å². The molecular weight excluding hydrogens is 250 g/mol. The average Bonchev–Trinajstić information content (AvgIpc) is 2.37. The van der Waals surface area contributed by atoms with E-state index < -0.39 is 5.97 Å². The third-order valence-electron chi connectivity index (χ3n) is 2.67. The standard InChI is InChI=1S/C13H19NO5/c1-18-7-6-14(9-12(15)16)8-10-4-3-5-11(19-2)13(10)17/h3-5,17H,6-9H2,1-2H3,(H,15,16). The number of para-hydroxylation sites is 1. The lowest BCUT2D eigenvalue weighted by Crippen LogP contribution is -2.32. The zero-order valence-electron chi connectivity index (χ0n) is 11.1. The molecule has 19 heavy (non-hydrogen) atoms. The van der Waals surface area contributed by atoms with E-state index in [1.807, 2.05) is 0 Å². The fourth-order valence-corrected chi connectivity index (χ4v) is 1.73. The Labute approximate surface area is 112 Å². The van der Waals surface area contributed by atoms with Gasteiger partial charge in [0.05, 0.1) is 20.3 Å². The van der Waals surface area contributed by atoms with Crippen molar-refractivity contribution in [2.24, 2.45) is 0 Å². The molecule has 0 aromatic heterocycles. The van der Waals surface area contributed by atoms with E-state index in [1.165, 1.54) is 7.11 Å². The summed E-state index contributed by atoms with van der Waals surface area (Å²) in [6.07, 6.45) is 0. The summed E-state index contributed by atoms with van der Waals surface area (Å²) < 4.78 is 9.96. The molecule has 106 valence electrons. The zero-order chi connectivity index (χ0) is 14.3. The molecule has 0 amide bonds. The molecule has 0 unspecified atom stereocenters. The number of hydrogen-bond acceptors (Lipinski definition) is 5. The quantitative estimate of drug-likeness (QED) is 0.731. The van der Waals surface area contributed by atoms with Gasteiger partial charge in [-0.15, -0.1) is 0 Å². The van der Waals surface area contributed by atoms with Crippen LogP contribution < -0.4 is 4.74 Å². The Hall–Kier alpha value is -1.79. The van der Waals surface area contributed by atoms with Crippen LogP contribution in [0.25, 0.3) is 0 Å². The van der Waals surface area contributed by atoms with E-state index >= 15 is 0 Å². The van der Waals surface area contributed by atoms with Crippen molar-refractivity contribution in [3.8, 4) is 11.5 Å². The molecule has 0 saturated heterocycles. The van der Waals surface area contributed by atoms with Crippen molar-refractivity contribution < 1.29 is 24.5 Å². The van der Waals surface area contributed by atoms with Crippen molar-refractivity contribution >= 4 is 5.97 Å². The van der Waals surface area contributed by atoms with Gasteiger partial charge in [0.15, 0.2) is 11.5 Å². The average molecular weight is 269 g/mol.